The maximum absolute atomic E-state index is 12.5. The van der Waals surface area contributed by atoms with Gasteiger partial charge in [0.1, 0.15) is 5.82 Å². The van der Waals surface area contributed by atoms with Crippen molar-refractivity contribution in [3.05, 3.63) is 82.1 Å². The van der Waals surface area contributed by atoms with Crippen LogP contribution in [0.4, 0.5) is 11.5 Å². The second-order valence-electron chi connectivity index (χ2n) is 7.40. The Morgan fingerprint density at radius 1 is 1.00 bits per heavy atom. The van der Waals surface area contributed by atoms with Crippen LogP contribution in [0.2, 0.25) is 5.02 Å². The van der Waals surface area contributed by atoms with Gasteiger partial charge in [0.25, 0.3) is 0 Å². The highest BCUT2D eigenvalue weighted by molar-refractivity contribution is 6.30. The lowest BCUT2D eigenvalue weighted by Crippen LogP contribution is -2.15. The van der Waals surface area contributed by atoms with Gasteiger partial charge in [-0.3, -0.25) is 4.79 Å². The second kappa shape index (κ2) is 9.14. The molecule has 0 radical (unpaired) electrons. The molecule has 1 amide bonds. The Morgan fingerprint density at radius 2 is 1.74 bits per heavy atom. The summed E-state index contributed by atoms with van der Waals surface area (Å²) in [5.74, 6) is 1.27. The lowest BCUT2D eigenvalue weighted by atomic mass is 10.1. The van der Waals surface area contributed by atoms with Crippen molar-refractivity contribution in [2.45, 2.75) is 33.2 Å². The summed E-state index contributed by atoms with van der Waals surface area (Å²) in [5, 5.41) is 19.9. The number of hydrogen-bond acceptors (Lipinski definition) is 5. The Bertz CT molecular complexity index is 1200. The number of anilines is 2. The zero-order chi connectivity index (χ0) is 21.8. The molecule has 0 fully saturated rings. The van der Waals surface area contributed by atoms with E-state index in [0.29, 0.717) is 41.7 Å². The molecular formula is C23H23ClN6O. The van der Waals surface area contributed by atoms with Crippen molar-refractivity contribution in [1.29, 1.82) is 0 Å². The Morgan fingerprint density at radius 3 is 2.48 bits per heavy atom. The summed E-state index contributed by atoms with van der Waals surface area (Å²) in [7, 11) is 0. The average molecular weight is 435 g/mol. The van der Waals surface area contributed by atoms with Gasteiger partial charge in [-0.25, -0.2) is 0 Å². The van der Waals surface area contributed by atoms with Crippen LogP contribution < -0.4 is 10.6 Å². The number of hydrogen-bond donors (Lipinski definition) is 2. The number of nitrogens with zero attached hydrogens (tertiary/aromatic N) is 4. The summed E-state index contributed by atoms with van der Waals surface area (Å²) in [5.41, 5.74) is 4.68. The van der Waals surface area contributed by atoms with E-state index in [-0.39, 0.29) is 5.91 Å². The maximum atomic E-state index is 12.5. The van der Waals surface area contributed by atoms with E-state index in [4.69, 9.17) is 11.6 Å². The van der Waals surface area contributed by atoms with Gasteiger partial charge >= 0.3 is 0 Å². The number of amides is 1. The smallest absolute Gasteiger partial charge is 0.224 e. The summed E-state index contributed by atoms with van der Waals surface area (Å²) in [4.78, 5) is 12.5. The number of rotatable bonds is 7. The molecule has 4 rings (SSSR count). The van der Waals surface area contributed by atoms with Crippen molar-refractivity contribution in [1.82, 2.24) is 19.8 Å². The van der Waals surface area contributed by atoms with Gasteiger partial charge in [-0.15, -0.1) is 15.3 Å². The lowest BCUT2D eigenvalue weighted by molar-refractivity contribution is -0.116. The molecule has 31 heavy (non-hydrogen) atoms. The Hall–Kier alpha value is -3.45. The van der Waals surface area contributed by atoms with E-state index >= 15 is 0 Å². The molecule has 2 aromatic heterocycles. The highest BCUT2D eigenvalue weighted by atomic mass is 35.5. The first-order valence-electron chi connectivity index (χ1n) is 10.1. The maximum Gasteiger partial charge on any atom is 0.224 e. The minimum atomic E-state index is -0.0637. The fourth-order valence-electron chi connectivity index (χ4n) is 3.32. The van der Waals surface area contributed by atoms with Crippen LogP contribution in [-0.4, -0.2) is 25.7 Å². The zero-order valence-corrected chi connectivity index (χ0v) is 18.1. The molecular weight excluding hydrogens is 412 g/mol. The number of carbonyl (C=O) groups is 1. The number of carbonyl (C=O) groups excluding carboxylic acids is 1. The quantitative estimate of drug-likeness (QED) is 0.445. The molecule has 4 aromatic rings. The molecule has 158 valence electrons. The van der Waals surface area contributed by atoms with Crippen molar-refractivity contribution in [2.24, 2.45) is 0 Å². The molecule has 2 aromatic carbocycles. The van der Waals surface area contributed by atoms with Crippen molar-refractivity contribution in [2.75, 3.05) is 10.6 Å². The van der Waals surface area contributed by atoms with Crippen LogP contribution in [0.1, 0.15) is 28.9 Å². The van der Waals surface area contributed by atoms with Gasteiger partial charge in [-0.2, -0.15) is 4.52 Å². The first-order valence-corrected chi connectivity index (χ1v) is 10.4. The Labute approximate surface area is 185 Å². The fraction of sp³-hybridized carbons (Fsp3) is 0.217. The Kier molecular flexibility index (Phi) is 6.13. The van der Waals surface area contributed by atoms with Crippen LogP contribution in [0.25, 0.3) is 5.65 Å². The number of para-hydroxylation sites is 1. The number of aryl methyl sites for hydroxylation is 3. The first-order chi connectivity index (χ1) is 15.0. The third-order valence-corrected chi connectivity index (χ3v) is 5.29. The van der Waals surface area contributed by atoms with E-state index in [1.165, 1.54) is 0 Å². The molecule has 0 saturated heterocycles. The normalized spacial score (nSPS) is 10.9. The predicted molar refractivity (Wildman–Crippen MR) is 122 cm³/mol. The fourth-order valence-corrected chi connectivity index (χ4v) is 3.44. The van der Waals surface area contributed by atoms with Crippen molar-refractivity contribution >= 4 is 34.7 Å². The topological polar surface area (TPSA) is 84.2 Å². The summed E-state index contributed by atoms with van der Waals surface area (Å²) < 4.78 is 1.68. The number of fused-ring (bicyclic) bond motifs is 1. The van der Waals surface area contributed by atoms with E-state index in [0.717, 1.165) is 22.4 Å². The second-order valence-corrected chi connectivity index (χ2v) is 7.84. The molecule has 0 aliphatic heterocycles. The molecule has 0 atom stereocenters. The number of benzene rings is 2. The van der Waals surface area contributed by atoms with Crippen molar-refractivity contribution < 1.29 is 4.79 Å². The Balaban J connectivity index is 1.41. The number of aromatic nitrogens is 4. The van der Waals surface area contributed by atoms with Gasteiger partial charge in [0.15, 0.2) is 11.5 Å². The molecule has 0 aliphatic carbocycles. The molecule has 0 saturated carbocycles. The van der Waals surface area contributed by atoms with Gasteiger partial charge in [-0.1, -0.05) is 41.9 Å². The number of halogens is 1. The first kappa shape index (κ1) is 20.8. The standard InChI is InChI=1S/C23H23ClN6O/c1-15-4-3-5-16(2)23(15)26-22(31)13-12-21-28-27-20-11-10-19(29-30(20)21)25-14-17-6-8-18(24)9-7-17/h3-11H,12-14H2,1-2H3,(H,25,29)(H,26,31). The summed E-state index contributed by atoms with van der Waals surface area (Å²) >= 11 is 5.93. The average Bonchev–Trinajstić information content (AvgIpc) is 3.17. The van der Waals surface area contributed by atoms with Crippen LogP contribution >= 0.6 is 11.6 Å². The molecule has 8 heteroatoms. The monoisotopic (exact) mass is 434 g/mol. The van der Waals surface area contributed by atoms with Gasteiger partial charge in [-0.05, 0) is 54.8 Å². The summed E-state index contributed by atoms with van der Waals surface area (Å²) in [6.07, 6.45) is 0.726. The molecule has 0 spiro atoms. The van der Waals surface area contributed by atoms with Crippen LogP contribution in [0.3, 0.4) is 0 Å². The third kappa shape index (κ3) is 5.00. The largest absolute Gasteiger partial charge is 0.365 e. The molecule has 2 N–H and O–H groups in total. The van der Waals surface area contributed by atoms with Crippen molar-refractivity contribution in [3.63, 3.8) is 0 Å². The number of nitrogens with one attached hydrogen (secondary N) is 2. The lowest BCUT2D eigenvalue weighted by Gasteiger charge is -2.11. The van der Waals surface area contributed by atoms with E-state index in [2.05, 4.69) is 25.9 Å². The summed E-state index contributed by atoms with van der Waals surface area (Å²) in [6.45, 7) is 4.58. The van der Waals surface area contributed by atoms with Gasteiger partial charge in [0.2, 0.25) is 5.91 Å². The molecule has 7 nitrogen and oxygen atoms in total. The van der Waals surface area contributed by atoms with Gasteiger partial charge in [0.05, 0.1) is 0 Å². The molecule has 0 aliphatic rings. The van der Waals surface area contributed by atoms with Crippen LogP contribution in [0, 0.1) is 13.8 Å². The third-order valence-electron chi connectivity index (χ3n) is 5.04. The van der Waals surface area contributed by atoms with Gasteiger partial charge in [0, 0.05) is 30.1 Å². The predicted octanol–water partition coefficient (Wildman–Crippen LogP) is 4.58. The van der Waals surface area contributed by atoms with E-state index in [1.807, 2.05) is 68.4 Å². The SMILES string of the molecule is Cc1cccc(C)c1NC(=O)CCc1nnc2ccc(NCc3ccc(Cl)cc3)nn12. The molecule has 2 heterocycles. The van der Waals surface area contributed by atoms with Crippen LogP contribution in [0.5, 0.6) is 0 Å². The van der Waals surface area contributed by atoms with Crippen LogP contribution in [-0.2, 0) is 17.8 Å². The zero-order valence-electron chi connectivity index (χ0n) is 17.4. The van der Waals surface area contributed by atoms with E-state index in [1.54, 1.807) is 4.52 Å². The van der Waals surface area contributed by atoms with Crippen molar-refractivity contribution in [3.8, 4) is 0 Å². The highest BCUT2D eigenvalue weighted by Gasteiger charge is 2.12. The highest BCUT2D eigenvalue weighted by Crippen LogP contribution is 2.20. The molecule has 0 unspecified atom stereocenters. The minimum Gasteiger partial charge on any atom is -0.365 e. The van der Waals surface area contributed by atoms with Crippen LogP contribution in [0.15, 0.2) is 54.6 Å². The van der Waals surface area contributed by atoms with E-state index in [9.17, 15) is 4.79 Å². The molecule has 0 bridgehead atoms. The van der Waals surface area contributed by atoms with Gasteiger partial charge < -0.3 is 10.6 Å². The van der Waals surface area contributed by atoms with E-state index < -0.39 is 0 Å². The summed E-state index contributed by atoms with van der Waals surface area (Å²) in [6, 6.07) is 17.3. The minimum absolute atomic E-state index is 0.0637.